The topological polar surface area (TPSA) is 53.4 Å². The molecule has 0 spiro atoms. The highest BCUT2D eigenvalue weighted by atomic mass is 16.5. The van der Waals surface area contributed by atoms with E-state index >= 15 is 0 Å². The fraction of sp³-hybridized carbons (Fsp3) is 0.379. The van der Waals surface area contributed by atoms with Gasteiger partial charge in [-0.3, -0.25) is 0 Å². The number of ether oxygens (including phenoxy) is 2. The van der Waals surface area contributed by atoms with Gasteiger partial charge >= 0.3 is 0 Å². The molecule has 1 aromatic heterocycles. The van der Waals surface area contributed by atoms with Gasteiger partial charge in [-0.05, 0) is 47.5 Å². The number of hydrogen-bond acceptors (Lipinski definition) is 7. The minimum atomic E-state index is 0.0764. The molecule has 4 heterocycles. The van der Waals surface area contributed by atoms with Gasteiger partial charge in [0.05, 0.1) is 38.2 Å². The molecular formula is C29H33N5O2. The number of aromatic nitrogens is 1. The van der Waals surface area contributed by atoms with Gasteiger partial charge in [0.1, 0.15) is 5.82 Å². The lowest BCUT2D eigenvalue weighted by Crippen LogP contribution is -2.36. The van der Waals surface area contributed by atoms with E-state index in [9.17, 15) is 0 Å². The summed E-state index contributed by atoms with van der Waals surface area (Å²) in [5.74, 6) is 1.07. The number of benzene rings is 2. The Hall–Kier alpha value is -3.42. The van der Waals surface area contributed by atoms with Crippen molar-refractivity contribution in [3.63, 3.8) is 0 Å². The number of anilines is 3. The van der Waals surface area contributed by atoms with Crippen LogP contribution in [0.15, 0.2) is 78.0 Å². The summed E-state index contributed by atoms with van der Waals surface area (Å²) >= 11 is 0. The van der Waals surface area contributed by atoms with Crippen molar-refractivity contribution in [2.24, 2.45) is 11.0 Å². The standard InChI is InChI=1S/C29H33N5O2/c1-22-28(23-5-9-25(10-6-23)32-14-18-35-19-15-32)31-34(27-4-2-3-13-30-27)29(22)24-7-11-26(12-8-24)33-16-20-36-21-17-33/h2-13,22,29H,14-21H2,1H3. The number of nitrogens with zero attached hydrogens (tertiary/aromatic N) is 5. The molecule has 3 aliphatic heterocycles. The zero-order valence-corrected chi connectivity index (χ0v) is 20.8. The van der Waals surface area contributed by atoms with Gasteiger partial charge in [-0.2, -0.15) is 5.10 Å². The molecule has 0 N–H and O–H groups in total. The van der Waals surface area contributed by atoms with Crippen molar-refractivity contribution in [3.8, 4) is 0 Å². The number of rotatable bonds is 5. The lowest BCUT2D eigenvalue weighted by molar-refractivity contribution is 0.122. The molecule has 0 aliphatic carbocycles. The Bertz CT molecular complexity index is 1170. The van der Waals surface area contributed by atoms with Gasteiger partial charge in [0.25, 0.3) is 0 Å². The first-order valence-electron chi connectivity index (χ1n) is 12.9. The predicted octanol–water partition coefficient (Wildman–Crippen LogP) is 4.36. The molecule has 0 radical (unpaired) electrons. The van der Waals surface area contributed by atoms with Crippen LogP contribution in [0.25, 0.3) is 0 Å². The highest BCUT2D eigenvalue weighted by molar-refractivity contribution is 6.05. The molecule has 2 aromatic carbocycles. The normalized spacial score (nSPS) is 22.6. The van der Waals surface area contributed by atoms with Crippen LogP contribution in [0, 0.1) is 5.92 Å². The molecule has 2 unspecified atom stereocenters. The Kier molecular flexibility index (Phi) is 6.57. The predicted molar refractivity (Wildman–Crippen MR) is 144 cm³/mol. The van der Waals surface area contributed by atoms with Crippen molar-refractivity contribution in [2.75, 3.05) is 67.4 Å². The van der Waals surface area contributed by atoms with E-state index in [2.05, 4.69) is 75.2 Å². The molecule has 0 bridgehead atoms. The Balaban J connectivity index is 1.29. The molecule has 0 saturated carbocycles. The number of morpholine rings is 2. The van der Waals surface area contributed by atoms with Crippen molar-refractivity contribution in [2.45, 2.75) is 13.0 Å². The Labute approximate surface area is 212 Å². The molecule has 7 nitrogen and oxygen atoms in total. The molecule has 36 heavy (non-hydrogen) atoms. The van der Waals surface area contributed by atoms with Crippen molar-refractivity contribution < 1.29 is 9.47 Å². The Morgan fingerprint density at radius 1 is 0.722 bits per heavy atom. The highest BCUT2D eigenvalue weighted by Gasteiger charge is 2.37. The van der Waals surface area contributed by atoms with Gasteiger partial charge in [-0.25, -0.2) is 9.99 Å². The van der Waals surface area contributed by atoms with Gasteiger partial charge in [0.2, 0.25) is 0 Å². The van der Waals surface area contributed by atoms with Crippen LogP contribution in [0.1, 0.15) is 24.1 Å². The molecule has 3 aliphatic rings. The molecule has 6 rings (SSSR count). The van der Waals surface area contributed by atoms with E-state index in [1.54, 1.807) is 0 Å². The van der Waals surface area contributed by atoms with Crippen molar-refractivity contribution in [1.29, 1.82) is 0 Å². The van der Waals surface area contributed by atoms with Crippen LogP contribution in [-0.2, 0) is 9.47 Å². The van der Waals surface area contributed by atoms with E-state index in [0.29, 0.717) is 0 Å². The third-order valence-corrected chi connectivity index (χ3v) is 7.42. The summed E-state index contributed by atoms with van der Waals surface area (Å²) in [6.45, 7) is 9.18. The maximum absolute atomic E-state index is 5.52. The van der Waals surface area contributed by atoms with E-state index < -0.39 is 0 Å². The molecule has 2 saturated heterocycles. The van der Waals surface area contributed by atoms with Gasteiger partial charge in [0.15, 0.2) is 0 Å². The molecule has 2 fully saturated rings. The van der Waals surface area contributed by atoms with Crippen LogP contribution in [0.5, 0.6) is 0 Å². The third kappa shape index (κ3) is 4.56. The fourth-order valence-electron chi connectivity index (χ4n) is 5.43. The number of hydrogen-bond donors (Lipinski definition) is 0. The second kappa shape index (κ2) is 10.3. The first-order chi connectivity index (χ1) is 17.8. The van der Waals surface area contributed by atoms with Crippen molar-refractivity contribution >= 4 is 22.9 Å². The molecule has 3 aromatic rings. The Morgan fingerprint density at radius 2 is 1.31 bits per heavy atom. The zero-order chi connectivity index (χ0) is 24.3. The summed E-state index contributed by atoms with van der Waals surface area (Å²) in [5.41, 5.74) is 5.99. The average molecular weight is 484 g/mol. The monoisotopic (exact) mass is 483 g/mol. The molecule has 0 amide bonds. The van der Waals surface area contributed by atoms with Crippen molar-refractivity contribution in [3.05, 3.63) is 84.1 Å². The molecular weight excluding hydrogens is 450 g/mol. The highest BCUT2D eigenvalue weighted by Crippen LogP contribution is 2.40. The minimum Gasteiger partial charge on any atom is -0.378 e. The van der Waals surface area contributed by atoms with Crippen LogP contribution in [0.4, 0.5) is 17.2 Å². The maximum Gasteiger partial charge on any atom is 0.149 e. The lowest BCUT2D eigenvalue weighted by atomic mass is 9.88. The van der Waals surface area contributed by atoms with E-state index in [0.717, 1.165) is 69.7 Å². The van der Waals surface area contributed by atoms with Crippen LogP contribution in [0.3, 0.4) is 0 Å². The van der Waals surface area contributed by atoms with Crippen LogP contribution in [0.2, 0.25) is 0 Å². The van der Waals surface area contributed by atoms with E-state index in [4.69, 9.17) is 14.6 Å². The third-order valence-electron chi connectivity index (χ3n) is 7.42. The first-order valence-corrected chi connectivity index (χ1v) is 12.9. The fourth-order valence-corrected chi connectivity index (χ4v) is 5.43. The van der Waals surface area contributed by atoms with E-state index in [1.807, 2.05) is 24.4 Å². The molecule has 2 atom stereocenters. The number of pyridine rings is 1. The summed E-state index contributed by atoms with van der Waals surface area (Å²) in [7, 11) is 0. The summed E-state index contributed by atoms with van der Waals surface area (Å²) in [4.78, 5) is 9.41. The van der Waals surface area contributed by atoms with E-state index in [-0.39, 0.29) is 12.0 Å². The average Bonchev–Trinajstić information content (AvgIpc) is 3.31. The maximum atomic E-state index is 5.52. The van der Waals surface area contributed by atoms with Gasteiger partial charge in [0, 0.05) is 49.7 Å². The summed E-state index contributed by atoms with van der Waals surface area (Å²) in [6.07, 6.45) is 1.84. The quantitative estimate of drug-likeness (QED) is 0.538. The smallest absolute Gasteiger partial charge is 0.149 e. The Morgan fingerprint density at radius 3 is 1.86 bits per heavy atom. The largest absolute Gasteiger partial charge is 0.378 e. The second-order valence-electron chi connectivity index (χ2n) is 9.59. The second-order valence-corrected chi connectivity index (χ2v) is 9.59. The van der Waals surface area contributed by atoms with Crippen LogP contribution < -0.4 is 14.8 Å². The SMILES string of the molecule is CC1C(c2ccc(N3CCOCC3)cc2)=NN(c2ccccn2)C1c1ccc(N2CCOCC2)cc1. The number of hydrazone groups is 1. The minimum absolute atomic E-state index is 0.0764. The first kappa shape index (κ1) is 23.0. The van der Waals surface area contributed by atoms with Crippen LogP contribution >= 0.6 is 0 Å². The molecule has 186 valence electrons. The van der Waals surface area contributed by atoms with E-state index in [1.165, 1.54) is 16.9 Å². The van der Waals surface area contributed by atoms with Gasteiger partial charge < -0.3 is 19.3 Å². The lowest BCUT2D eigenvalue weighted by Gasteiger charge is -2.30. The van der Waals surface area contributed by atoms with Gasteiger partial charge in [-0.1, -0.05) is 37.3 Å². The molecule has 7 heteroatoms. The van der Waals surface area contributed by atoms with Gasteiger partial charge in [-0.15, -0.1) is 0 Å². The zero-order valence-electron chi connectivity index (χ0n) is 20.8. The summed E-state index contributed by atoms with van der Waals surface area (Å²) < 4.78 is 11.0. The van der Waals surface area contributed by atoms with Crippen molar-refractivity contribution in [1.82, 2.24) is 4.98 Å². The summed E-state index contributed by atoms with van der Waals surface area (Å²) in [5, 5.41) is 7.25. The van der Waals surface area contributed by atoms with Crippen LogP contribution in [-0.4, -0.2) is 63.3 Å². The summed E-state index contributed by atoms with van der Waals surface area (Å²) in [6, 6.07) is 23.9.